The topological polar surface area (TPSA) is 9.23 Å². The molecule has 2 heteroatoms. The Balaban J connectivity index is 4.08. The SMILES string of the molecule is C#C/C=C/C=C/C=C/C=C/C=C/CCCCO[Si](C(C)C)(C(C)C)C(C)C. The van der Waals surface area contributed by atoms with Gasteiger partial charge in [-0.05, 0) is 42.0 Å². The molecule has 27 heavy (non-hydrogen) atoms. The second-order valence-electron chi connectivity index (χ2n) is 7.77. The quantitative estimate of drug-likeness (QED) is 0.136. The highest BCUT2D eigenvalue weighted by Gasteiger charge is 2.44. The fraction of sp³-hybridized carbons (Fsp3) is 0.520. The van der Waals surface area contributed by atoms with Crippen LogP contribution in [0.3, 0.4) is 0 Å². The van der Waals surface area contributed by atoms with E-state index in [4.69, 9.17) is 10.8 Å². The van der Waals surface area contributed by atoms with Crippen LogP contribution in [0.5, 0.6) is 0 Å². The Morgan fingerprint density at radius 1 is 0.741 bits per heavy atom. The molecule has 0 saturated heterocycles. The average molecular weight is 385 g/mol. The van der Waals surface area contributed by atoms with Gasteiger partial charge in [-0.15, -0.1) is 6.42 Å². The summed E-state index contributed by atoms with van der Waals surface area (Å²) in [6.07, 6.45) is 28.4. The fourth-order valence-corrected chi connectivity index (χ4v) is 9.28. The average Bonchev–Trinajstić information content (AvgIpc) is 2.60. The number of allylic oxidation sites excluding steroid dienone is 10. The number of unbranched alkanes of at least 4 members (excludes halogenated alkanes) is 2. The molecule has 0 spiro atoms. The largest absolute Gasteiger partial charge is 0.416 e. The Bertz CT molecular complexity index is 532. The minimum absolute atomic E-state index is 0.666. The van der Waals surface area contributed by atoms with Crippen LogP contribution in [-0.2, 0) is 4.43 Å². The maximum Gasteiger partial charge on any atom is 0.200 e. The highest BCUT2D eigenvalue weighted by molar-refractivity contribution is 6.77. The Morgan fingerprint density at radius 3 is 1.70 bits per heavy atom. The van der Waals surface area contributed by atoms with Gasteiger partial charge in [0.15, 0.2) is 8.32 Å². The number of hydrogen-bond acceptors (Lipinski definition) is 1. The van der Waals surface area contributed by atoms with E-state index in [0.717, 1.165) is 19.4 Å². The van der Waals surface area contributed by atoms with Gasteiger partial charge in [0.1, 0.15) is 0 Å². The smallest absolute Gasteiger partial charge is 0.200 e. The Hall–Kier alpha value is -1.56. The molecule has 0 radical (unpaired) electrons. The standard InChI is InChI=1S/C25H40OSi/c1-8-9-10-11-12-13-14-15-16-17-18-19-20-21-22-26-27(23(2)3,24(4)5)25(6)7/h1,9-18,23-25H,19-22H2,2-7H3/b10-9+,12-11+,14-13+,16-15+,18-17+. The number of terminal acetylenes is 1. The second kappa shape index (κ2) is 15.5. The summed E-state index contributed by atoms with van der Waals surface area (Å²) in [6, 6.07) is 0. The zero-order chi connectivity index (χ0) is 20.5. The summed E-state index contributed by atoms with van der Waals surface area (Å²) in [7, 11) is -1.69. The summed E-state index contributed by atoms with van der Waals surface area (Å²) in [6.45, 7) is 15.0. The fourth-order valence-electron chi connectivity index (χ4n) is 3.78. The van der Waals surface area contributed by atoms with Crippen LogP contribution in [0.15, 0.2) is 60.8 Å². The lowest BCUT2D eigenvalue weighted by molar-refractivity contribution is 0.269. The Labute approximate surface area is 170 Å². The van der Waals surface area contributed by atoms with Crippen molar-refractivity contribution in [3.05, 3.63) is 60.8 Å². The second-order valence-corrected chi connectivity index (χ2v) is 13.2. The maximum atomic E-state index is 6.59. The highest BCUT2D eigenvalue weighted by atomic mass is 28.4. The van der Waals surface area contributed by atoms with Crippen molar-refractivity contribution in [3.63, 3.8) is 0 Å². The molecule has 0 aliphatic rings. The minimum Gasteiger partial charge on any atom is -0.416 e. The molecule has 0 saturated carbocycles. The van der Waals surface area contributed by atoms with Gasteiger partial charge < -0.3 is 4.43 Å². The molecule has 0 heterocycles. The lowest BCUT2D eigenvalue weighted by atomic mass is 10.2. The Morgan fingerprint density at radius 2 is 1.22 bits per heavy atom. The third kappa shape index (κ3) is 10.4. The summed E-state index contributed by atoms with van der Waals surface area (Å²) in [5.41, 5.74) is 2.00. The molecular formula is C25H40OSi. The third-order valence-electron chi connectivity index (χ3n) is 4.93. The lowest BCUT2D eigenvalue weighted by Gasteiger charge is -2.42. The molecular weight excluding hydrogens is 344 g/mol. The van der Waals surface area contributed by atoms with Gasteiger partial charge in [-0.1, -0.05) is 102 Å². The van der Waals surface area contributed by atoms with Crippen LogP contribution in [0.1, 0.15) is 60.8 Å². The molecule has 0 aromatic heterocycles. The van der Waals surface area contributed by atoms with Crippen molar-refractivity contribution in [2.24, 2.45) is 0 Å². The van der Waals surface area contributed by atoms with Gasteiger partial charge >= 0.3 is 0 Å². The minimum atomic E-state index is -1.69. The summed E-state index contributed by atoms with van der Waals surface area (Å²) in [5, 5.41) is 0. The summed E-state index contributed by atoms with van der Waals surface area (Å²) in [4.78, 5) is 0. The van der Waals surface area contributed by atoms with E-state index in [1.807, 2.05) is 36.5 Å². The zero-order valence-corrected chi connectivity index (χ0v) is 19.3. The van der Waals surface area contributed by atoms with Crippen LogP contribution in [0.25, 0.3) is 0 Å². The van der Waals surface area contributed by atoms with Crippen molar-refractivity contribution in [1.29, 1.82) is 0 Å². The molecule has 0 aromatic rings. The van der Waals surface area contributed by atoms with E-state index < -0.39 is 8.32 Å². The van der Waals surface area contributed by atoms with Gasteiger partial charge in [0, 0.05) is 6.61 Å². The molecule has 0 aliphatic carbocycles. The van der Waals surface area contributed by atoms with Gasteiger partial charge in [-0.2, -0.15) is 0 Å². The van der Waals surface area contributed by atoms with Crippen molar-refractivity contribution >= 4 is 8.32 Å². The number of hydrogen-bond donors (Lipinski definition) is 0. The van der Waals surface area contributed by atoms with Crippen molar-refractivity contribution in [3.8, 4) is 12.3 Å². The van der Waals surface area contributed by atoms with E-state index >= 15 is 0 Å². The molecule has 0 aromatic carbocycles. The normalized spacial score (nSPS) is 13.8. The van der Waals surface area contributed by atoms with Crippen LogP contribution in [0, 0.1) is 12.3 Å². The van der Waals surface area contributed by atoms with Crippen LogP contribution >= 0.6 is 0 Å². The van der Waals surface area contributed by atoms with E-state index in [9.17, 15) is 0 Å². The van der Waals surface area contributed by atoms with Gasteiger partial charge in [-0.25, -0.2) is 0 Å². The van der Waals surface area contributed by atoms with Crippen LogP contribution < -0.4 is 0 Å². The Kier molecular flexibility index (Phi) is 14.6. The van der Waals surface area contributed by atoms with Crippen LogP contribution in [0.4, 0.5) is 0 Å². The first-order valence-corrected chi connectivity index (χ1v) is 12.4. The molecule has 150 valence electrons. The van der Waals surface area contributed by atoms with Crippen molar-refractivity contribution in [2.75, 3.05) is 6.61 Å². The molecule has 0 bridgehead atoms. The lowest BCUT2D eigenvalue weighted by Crippen LogP contribution is -2.47. The van der Waals surface area contributed by atoms with Gasteiger partial charge in [0.2, 0.25) is 0 Å². The molecule has 0 aliphatic heterocycles. The van der Waals surface area contributed by atoms with Gasteiger partial charge in [0.25, 0.3) is 0 Å². The van der Waals surface area contributed by atoms with E-state index in [-0.39, 0.29) is 0 Å². The zero-order valence-electron chi connectivity index (χ0n) is 18.3. The maximum absolute atomic E-state index is 6.59. The summed E-state index contributed by atoms with van der Waals surface area (Å²) < 4.78 is 6.59. The molecule has 0 N–H and O–H groups in total. The van der Waals surface area contributed by atoms with Gasteiger partial charge in [-0.3, -0.25) is 0 Å². The summed E-state index contributed by atoms with van der Waals surface area (Å²) >= 11 is 0. The first-order valence-electron chi connectivity index (χ1n) is 10.3. The monoisotopic (exact) mass is 384 g/mol. The van der Waals surface area contributed by atoms with E-state index in [1.165, 1.54) is 6.42 Å². The van der Waals surface area contributed by atoms with Crippen molar-refractivity contribution in [2.45, 2.75) is 77.4 Å². The van der Waals surface area contributed by atoms with E-state index in [0.29, 0.717) is 16.6 Å². The predicted octanol–water partition coefficient (Wildman–Crippen LogP) is 7.76. The molecule has 0 amide bonds. The predicted molar refractivity (Wildman–Crippen MR) is 125 cm³/mol. The molecule has 1 nitrogen and oxygen atoms in total. The van der Waals surface area contributed by atoms with Gasteiger partial charge in [0.05, 0.1) is 0 Å². The first-order chi connectivity index (χ1) is 12.9. The third-order valence-corrected chi connectivity index (χ3v) is 11.0. The number of rotatable bonds is 13. The van der Waals surface area contributed by atoms with Crippen molar-refractivity contribution < 1.29 is 4.43 Å². The van der Waals surface area contributed by atoms with E-state index in [2.05, 4.69) is 65.7 Å². The van der Waals surface area contributed by atoms with Crippen LogP contribution in [0.2, 0.25) is 16.6 Å². The van der Waals surface area contributed by atoms with E-state index in [1.54, 1.807) is 6.08 Å². The first kappa shape index (κ1) is 25.4. The van der Waals surface area contributed by atoms with Crippen molar-refractivity contribution in [1.82, 2.24) is 0 Å². The molecule has 0 atom stereocenters. The molecule has 0 unspecified atom stereocenters. The molecule has 0 fully saturated rings. The molecule has 0 rings (SSSR count). The van der Waals surface area contributed by atoms with Crippen LogP contribution in [-0.4, -0.2) is 14.9 Å². The highest BCUT2D eigenvalue weighted by Crippen LogP contribution is 2.42. The summed E-state index contributed by atoms with van der Waals surface area (Å²) in [5.74, 6) is 2.45.